The number of aryl methyl sites for hydroxylation is 3. The van der Waals surface area contributed by atoms with Gasteiger partial charge in [0, 0.05) is 22.5 Å². The average molecular weight is 172 g/mol. The number of pyridine rings is 2. The third-order valence-electron chi connectivity index (χ3n) is 2.14. The van der Waals surface area contributed by atoms with Gasteiger partial charge in [-0.2, -0.15) is 0 Å². The van der Waals surface area contributed by atoms with Gasteiger partial charge in [-0.15, -0.1) is 0 Å². The molecule has 0 saturated heterocycles. The SMILES string of the molecule is Cc1cc2nc(C)ccc2c(C)n1. The van der Waals surface area contributed by atoms with Crippen LogP contribution in [-0.2, 0) is 0 Å². The van der Waals surface area contributed by atoms with Crippen molar-refractivity contribution in [2.45, 2.75) is 20.8 Å². The zero-order chi connectivity index (χ0) is 9.42. The summed E-state index contributed by atoms with van der Waals surface area (Å²) >= 11 is 0. The lowest BCUT2D eigenvalue weighted by Gasteiger charge is -2.02. The third kappa shape index (κ3) is 1.39. The van der Waals surface area contributed by atoms with Crippen LogP contribution in [0.15, 0.2) is 18.2 Å². The van der Waals surface area contributed by atoms with E-state index < -0.39 is 0 Å². The van der Waals surface area contributed by atoms with Crippen molar-refractivity contribution < 1.29 is 0 Å². The molecule has 0 fully saturated rings. The maximum Gasteiger partial charge on any atom is 0.0741 e. The standard InChI is InChI=1S/C11H12N2/c1-7-4-5-10-9(3)12-8(2)6-11(10)13-7/h4-6H,1-3H3. The molecule has 2 rings (SSSR count). The van der Waals surface area contributed by atoms with Gasteiger partial charge >= 0.3 is 0 Å². The largest absolute Gasteiger partial charge is 0.258 e. The summed E-state index contributed by atoms with van der Waals surface area (Å²) < 4.78 is 0. The highest BCUT2D eigenvalue weighted by Gasteiger charge is 2.00. The van der Waals surface area contributed by atoms with Gasteiger partial charge in [0.2, 0.25) is 0 Å². The summed E-state index contributed by atoms with van der Waals surface area (Å²) in [5, 5.41) is 1.15. The van der Waals surface area contributed by atoms with E-state index in [1.807, 2.05) is 32.9 Å². The van der Waals surface area contributed by atoms with Crippen molar-refractivity contribution in [1.82, 2.24) is 9.97 Å². The van der Waals surface area contributed by atoms with Gasteiger partial charge in [0.1, 0.15) is 0 Å². The van der Waals surface area contributed by atoms with Gasteiger partial charge in [-0.25, -0.2) is 0 Å². The first-order chi connectivity index (χ1) is 6.16. The van der Waals surface area contributed by atoms with Crippen molar-refractivity contribution in [3.63, 3.8) is 0 Å². The molecule has 2 heterocycles. The van der Waals surface area contributed by atoms with E-state index in [0.717, 1.165) is 28.0 Å². The minimum atomic E-state index is 1.03. The van der Waals surface area contributed by atoms with Crippen LogP contribution < -0.4 is 0 Å². The Morgan fingerprint density at radius 1 is 0.923 bits per heavy atom. The first kappa shape index (κ1) is 8.17. The Morgan fingerprint density at radius 2 is 1.69 bits per heavy atom. The molecule has 0 aliphatic heterocycles. The quantitative estimate of drug-likeness (QED) is 0.610. The van der Waals surface area contributed by atoms with Crippen molar-refractivity contribution in [2.75, 3.05) is 0 Å². The normalized spacial score (nSPS) is 10.7. The van der Waals surface area contributed by atoms with Crippen LogP contribution in [0.5, 0.6) is 0 Å². The van der Waals surface area contributed by atoms with Crippen LogP contribution in [0.3, 0.4) is 0 Å². The number of nitrogens with zero attached hydrogens (tertiary/aromatic N) is 2. The maximum absolute atomic E-state index is 4.46. The topological polar surface area (TPSA) is 25.8 Å². The van der Waals surface area contributed by atoms with Gasteiger partial charge in [-0.05, 0) is 39.0 Å². The lowest BCUT2D eigenvalue weighted by atomic mass is 10.2. The molecule has 0 unspecified atom stereocenters. The Hall–Kier alpha value is -1.44. The Kier molecular flexibility index (Phi) is 1.76. The third-order valence-corrected chi connectivity index (χ3v) is 2.14. The fourth-order valence-electron chi connectivity index (χ4n) is 1.55. The summed E-state index contributed by atoms with van der Waals surface area (Å²) in [6.45, 7) is 6.02. The molecule has 0 saturated carbocycles. The fraction of sp³-hybridized carbons (Fsp3) is 0.273. The number of rotatable bonds is 0. The van der Waals surface area contributed by atoms with Gasteiger partial charge in [0.05, 0.1) is 5.52 Å². The van der Waals surface area contributed by atoms with Gasteiger partial charge in [-0.3, -0.25) is 9.97 Å². The van der Waals surface area contributed by atoms with E-state index in [9.17, 15) is 0 Å². The highest BCUT2D eigenvalue weighted by Crippen LogP contribution is 2.16. The van der Waals surface area contributed by atoms with Gasteiger partial charge in [0.15, 0.2) is 0 Å². The lowest BCUT2D eigenvalue weighted by Crippen LogP contribution is -1.91. The van der Waals surface area contributed by atoms with Crippen LogP contribution in [0.4, 0.5) is 0 Å². The molecule has 2 aromatic heterocycles. The summed E-state index contributed by atoms with van der Waals surface area (Å²) in [7, 11) is 0. The molecule has 0 amide bonds. The molecule has 0 N–H and O–H groups in total. The molecular formula is C11H12N2. The first-order valence-corrected chi connectivity index (χ1v) is 4.38. The van der Waals surface area contributed by atoms with Crippen molar-refractivity contribution in [1.29, 1.82) is 0 Å². The molecule has 66 valence electrons. The van der Waals surface area contributed by atoms with Crippen LogP contribution in [-0.4, -0.2) is 9.97 Å². The number of hydrogen-bond donors (Lipinski definition) is 0. The van der Waals surface area contributed by atoms with Crippen LogP contribution in [0.25, 0.3) is 10.9 Å². The van der Waals surface area contributed by atoms with E-state index >= 15 is 0 Å². The second-order valence-corrected chi connectivity index (χ2v) is 3.37. The number of hydrogen-bond acceptors (Lipinski definition) is 2. The molecule has 0 aromatic carbocycles. The smallest absolute Gasteiger partial charge is 0.0741 e. The van der Waals surface area contributed by atoms with Crippen molar-refractivity contribution in [2.24, 2.45) is 0 Å². The van der Waals surface area contributed by atoms with E-state index in [1.54, 1.807) is 0 Å². The summed E-state index contributed by atoms with van der Waals surface area (Å²) in [6, 6.07) is 6.13. The summed E-state index contributed by atoms with van der Waals surface area (Å²) in [5.41, 5.74) is 4.19. The van der Waals surface area contributed by atoms with Crippen molar-refractivity contribution in [3.8, 4) is 0 Å². The van der Waals surface area contributed by atoms with Gasteiger partial charge in [-0.1, -0.05) is 0 Å². The lowest BCUT2D eigenvalue weighted by molar-refractivity contribution is 1.13. The van der Waals surface area contributed by atoms with E-state index in [2.05, 4.69) is 16.0 Å². The molecule has 0 aliphatic rings. The highest BCUT2D eigenvalue weighted by molar-refractivity contribution is 5.81. The molecule has 0 atom stereocenters. The predicted octanol–water partition coefficient (Wildman–Crippen LogP) is 2.56. The maximum atomic E-state index is 4.46. The van der Waals surface area contributed by atoms with Gasteiger partial charge in [0.25, 0.3) is 0 Å². The summed E-state index contributed by atoms with van der Waals surface area (Å²) in [4.78, 5) is 8.85. The van der Waals surface area contributed by atoms with Gasteiger partial charge < -0.3 is 0 Å². The first-order valence-electron chi connectivity index (χ1n) is 4.38. The van der Waals surface area contributed by atoms with Crippen molar-refractivity contribution >= 4 is 10.9 Å². The monoisotopic (exact) mass is 172 g/mol. The molecule has 0 spiro atoms. The van der Waals surface area contributed by atoms with E-state index in [-0.39, 0.29) is 0 Å². The van der Waals surface area contributed by atoms with Crippen LogP contribution >= 0.6 is 0 Å². The molecular weight excluding hydrogens is 160 g/mol. The minimum Gasteiger partial charge on any atom is -0.258 e. The Morgan fingerprint density at radius 3 is 2.46 bits per heavy atom. The van der Waals surface area contributed by atoms with Crippen LogP contribution in [0.1, 0.15) is 17.1 Å². The second kappa shape index (κ2) is 2.80. The minimum absolute atomic E-state index is 1.03. The van der Waals surface area contributed by atoms with Crippen molar-refractivity contribution in [3.05, 3.63) is 35.3 Å². The highest BCUT2D eigenvalue weighted by atomic mass is 14.7. The molecule has 2 aromatic rings. The summed E-state index contributed by atoms with van der Waals surface area (Å²) in [6.07, 6.45) is 0. The molecule has 2 nitrogen and oxygen atoms in total. The average Bonchev–Trinajstić information content (AvgIpc) is 2.02. The summed E-state index contributed by atoms with van der Waals surface area (Å²) in [5.74, 6) is 0. The van der Waals surface area contributed by atoms with E-state index in [0.29, 0.717) is 0 Å². The molecule has 0 bridgehead atoms. The number of fused-ring (bicyclic) bond motifs is 1. The number of aromatic nitrogens is 2. The van der Waals surface area contributed by atoms with Crippen LogP contribution in [0, 0.1) is 20.8 Å². The molecule has 13 heavy (non-hydrogen) atoms. The molecule has 0 aliphatic carbocycles. The second-order valence-electron chi connectivity index (χ2n) is 3.37. The predicted molar refractivity (Wildman–Crippen MR) is 53.7 cm³/mol. The Balaban J connectivity index is 2.86. The van der Waals surface area contributed by atoms with E-state index in [1.165, 1.54) is 0 Å². The molecule has 2 heteroatoms. The van der Waals surface area contributed by atoms with Crippen LogP contribution in [0.2, 0.25) is 0 Å². The Labute approximate surface area is 77.6 Å². The van der Waals surface area contributed by atoms with E-state index in [4.69, 9.17) is 0 Å². The zero-order valence-electron chi connectivity index (χ0n) is 8.13. The molecule has 0 radical (unpaired) electrons. The Bertz CT molecular complexity index is 456. The zero-order valence-corrected chi connectivity index (χ0v) is 8.13. The fourth-order valence-corrected chi connectivity index (χ4v) is 1.55.